The van der Waals surface area contributed by atoms with E-state index in [2.05, 4.69) is 5.32 Å². The molecule has 1 amide bonds. The summed E-state index contributed by atoms with van der Waals surface area (Å²) < 4.78 is 22.6. The molecule has 0 unspecified atom stereocenters. The van der Waals surface area contributed by atoms with Crippen LogP contribution in [0.5, 0.6) is 0 Å². The number of carbonyl (C=O) groups is 3. The van der Waals surface area contributed by atoms with E-state index >= 15 is 0 Å². The van der Waals surface area contributed by atoms with Crippen molar-refractivity contribution in [3.8, 4) is 0 Å². The number of carbonyl (C=O) groups excluding carboxylic acids is 3. The first-order valence-electron chi connectivity index (χ1n) is 7.50. The molecule has 0 bridgehead atoms. The Bertz CT molecular complexity index is 773. The van der Waals surface area contributed by atoms with Gasteiger partial charge in [0.05, 0.1) is 23.4 Å². The highest BCUT2D eigenvalue weighted by Crippen LogP contribution is 2.16. The number of halogens is 1. The second-order valence-electron chi connectivity index (χ2n) is 4.90. The average Bonchev–Trinajstić information content (AvgIpc) is 2.61. The van der Waals surface area contributed by atoms with E-state index in [9.17, 15) is 18.8 Å². The minimum Gasteiger partial charge on any atom is -0.462 e. The van der Waals surface area contributed by atoms with Crippen LogP contribution in [0.1, 0.15) is 27.6 Å². The van der Waals surface area contributed by atoms with E-state index in [0.29, 0.717) is 0 Å². The van der Waals surface area contributed by atoms with Crippen LogP contribution in [0.25, 0.3) is 0 Å². The lowest BCUT2D eigenvalue weighted by molar-refractivity contribution is -0.119. The summed E-state index contributed by atoms with van der Waals surface area (Å²) in [5, 5.41) is 2.49. The van der Waals surface area contributed by atoms with Crippen LogP contribution in [0.3, 0.4) is 0 Å². The fourth-order valence-corrected chi connectivity index (χ4v) is 1.97. The Morgan fingerprint density at radius 2 is 1.64 bits per heavy atom. The van der Waals surface area contributed by atoms with Crippen molar-refractivity contribution in [3.05, 3.63) is 65.5 Å². The molecule has 6 nitrogen and oxygen atoms in total. The van der Waals surface area contributed by atoms with E-state index in [4.69, 9.17) is 9.47 Å². The van der Waals surface area contributed by atoms with Crippen LogP contribution in [0.15, 0.2) is 48.5 Å². The summed E-state index contributed by atoms with van der Waals surface area (Å²) in [6.45, 7) is 1.33. The van der Waals surface area contributed by atoms with Crippen LogP contribution in [0, 0.1) is 5.82 Å². The zero-order valence-corrected chi connectivity index (χ0v) is 13.5. The first kappa shape index (κ1) is 18.1. The molecular weight excluding hydrogens is 329 g/mol. The molecule has 0 aliphatic rings. The molecule has 7 heteroatoms. The number of para-hydroxylation sites is 1. The Morgan fingerprint density at radius 1 is 0.960 bits per heavy atom. The molecule has 1 N–H and O–H groups in total. The van der Waals surface area contributed by atoms with Gasteiger partial charge in [0, 0.05) is 0 Å². The molecule has 0 fully saturated rings. The zero-order chi connectivity index (χ0) is 18.2. The van der Waals surface area contributed by atoms with Crippen molar-refractivity contribution in [1.82, 2.24) is 0 Å². The molecule has 0 saturated carbocycles. The molecule has 0 atom stereocenters. The van der Waals surface area contributed by atoms with Gasteiger partial charge in [-0.1, -0.05) is 12.1 Å². The Balaban J connectivity index is 1.95. The molecule has 130 valence electrons. The van der Waals surface area contributed by atoms with Crippen molar-refractivity contribution in [2.24, 2.45) is 0 Å². The smallest absolute Gasteiger partial charge is 0.340 e. The van der Waals surface area contributed by atoms with E-state index in [1.165, 1.54) is 24.3 Å². The average molecular weight is 345 g/mol. The lowest BCUT2D eigenvalue weighted by atomic mass is 10.2. The minimum atomic E-state index is -0.756. The lowest BCUT2D eigenvalue weighted by Crippen LogP contribution is -2.22. The highest BCUT2D eigenvalue weighted by atomic mass is 19.1. The van der Waals surface area contributed by atoms with Crippen molar-refractivity contribution in [2.45, 2.75) is 6.92 Å². The Labute approximate surface area is 143 Å². The van der Waals surface area contributed by atoms with Crippen LogP contribution in [0.2, 0.25) is 0 Å². The van der Waals surface area contributed by atoms with Crippen molar-refractivity contribution >= 4 is 23.5 Å². The first-order chi connectivity index (χ1) is 12.0. The van der Waals surface area contributed by atoms with Crippen molar-refractivity contribution in [2.75, 3.05) is 18.5 Å². The van der Waals surface area contributed by atoms with E-state index in [0.717, 1.165) is 12.1 Å². The van der Waals surface area contributed by atoms with Gasteiger partial charge in [0.25, 0.3) is 5.91 Å². The number of anilines is 1. The number of ether oxygens (including phenoxy) is 2. The maximum atomic E-state index is 12.8. The number of rotatable bonds is 6. The fraction of sp³-hybridized carbons (Fsp3) is 0.167. The number of esters is 2. The topological polar surface area (TPSA) is 81.7 Å². The van der Waals surface area contributed by atoms with Crippen molar-refractivity contribution < 1.29 is 28.2 Å². The molecule has 2 rings (SSSR count). The summed E-state index contributed by atoms with van der Waals surface area (Å²) in [7, 11) is 0. The summed E-state index contributed by atoms with van der Waals surface area (Å²) in [6.07, 6.45) is 0. The van der Waals surface area contributed by atoms with Gasteiger partial charge in [-0.2, -0.15) is 0 Å². The molecule has 0 aromatic heterocycles. The van der Waals surface area contributed by atoms with Crippen LogP contribution < -0.4 is 5.32 Å². The number of hydrogen-bond donors (Lipinski definition) is 1. The fourth-order valence-electron chi connectivity index (χ4n) is 1.97. The van der Waals surface area contributed by atoms with Gasteiger partial charge in [-0.15, -0.1) is 0 Å². The number of hydrogen-bond acceptors (Lipinski definition) is 5. The Hall–Kier alpha value is -3.22. The molecule has 0 aliphatic carbocycles. The summed E-state index contributed by atoms with van der Waals surface area (Å²) in [4.78, 5) is 35.5. The number of amides is 1. The maximum Gasteiger partial charge on any atom is 0.340 e. The summed E-state index contributed by atoms with van der Waals surface area (Å²) in [5.74, 6) is -2.42. The third-order valence-electron chi connectivity index (χ3n) is 3.11. The minimum absolute atomic E-state index is 0.126. The quantitative estimate of drug-likeness (QED) is 0.814. The molecule has 0 saturated heterocycles. The number of benzene rings is 2. The van der Waals surface area contributed by atoms with Crippen LogP contribution in [-0.4, -0.2) is 31.1 Å². The monoisotopic (exact) mass is 345 g/mol. The van der Waals surface area contributed by atoms with E-state index in [1.807, 2.05) is 0 Å². The standard InChI is InChI=1S/C18H16FNO5/c1-2-24-18(23)14-5-3-4-6-15(14)20-16(21)11-25-17(22)12-7-9-13(19)10-8-12/h3-10H,2,11H2,1H3,(H,20,21). The van der Waals surface area contributed by atoms with Gasteiger partial charge in [-0.3, -0.25) is 4.79 Å². The van der Waals surface area contributed by atoms with Gasteiger partial charge in [-0.25, -0.2) is 14.0 Å². The van der Waals surface area contributed by atoms with Gasteiger partial charge < -0.3 is 14.8 Å². The van der Waals surface area contributed by atoms with E-state index in [-0.39, 0.29) is 23.4 Å². The van der Waals surface area contributed by atoms with Crippen LogP contribution >= 0.6 is 0 Å². The number of nitrogens with one attached hydrogen (secondary N) is 1. The molecule has 2 aromatic carbocycles. The summed E-state index contributed by atoms with van der Waals surface area (Å²) >= 11 is 0. The van der Waals surface area contributed by atoms with Crippen LogP contribution in [0.4, 0.5) is 10.1 Å². The van der Waals surface area contributed by atoms with Gasteiger partial charge in [0.15, 0.2) is 6.61 Å². The van der Waals surface area contributed by atoms with Crippen molar-refractivity contribution in [3.63, 3.8) is 0 Å². The Kier molecular flexibility index (Phi) is 6.22. The predicted molar refractivity (Wildman–Crippen MR) is 87.7 cm³/mol. The van der Waals surface area contributed by atoms with Crippen LogP contribution in [-0.2, 0) is 14.3 Å². The third-order valence-corrected chi connectivity index (χ3v) is 3.11. The highest BCUT2D eigenvalue weighted by molar-refractivity contribution is 6.02. The normalized spacial score (nSPS) is 10.0. The second-order valence-corrected chi connectivity index (χ2v) is 4.90. The zero-order valence-electron chi connectivity index (χ0n) is 13.5. The largest absolute Gasteiger partial charge is 0.462 e. The molecule has 2 aromatic rings. The van der Waals surface area contributed by atoms with Crippen molar-refractivity contribution in [1.29, 1.82) is 0 Å². The first-order valence-corrected chi connectivity index (χ1v) is 7.50. The SMILES string of the molecule is CCOC(=O)c1ccccc1NC(=O)COC(=O)c1ccc(F)cc1. The molecule has 0 aliphatic heterocycles. The van der Waals surface area contributed by atoms with Gasteiger partial charge >= 0.3 is 11.9 Å². The predicted octanol–water partition coefficient (Wildman–Crippen LogP) is 2.80. The Morgan fingerprint density at radius 3 is 2.32 bits per heavy atom. The highest BCUT2D eigenvalue weighted by Gasteiger charge is 2.15. The molecule has 0 spiro atoms. The summed E-state index contributed by atoms with van der Waals surface area (Å²) in [5.41, 5.74) is 0.576. The molecule has 25 heavy (non-hydrogen) atoms. The van der Waals surface area contributed by atoms with E-state index in [1.54, 1.807) is 19.1 Å². The van der Waals surface area contributed by atoms with Gasteiger partial charge in [0.1, 0.15) is 5.82 Å². The molecular formula is C18H16FNO5. The van der Waals surface area contributed by atoms with Gasteiger partial charge in [0.2, 0.25) is 0 Å². The lowest BCUT2D eigenvalue weighted by Gasteiger charge is -2.10. The maximum absolute atomic E-state index is 12.8. The summed E-state index contributed by atoms with van der Waals surface area (Å²) in [6, 6.07) is 11.1. The molecule has 0 radical (unpaired) electrons. The van der Waals surface area contributed by atoms with Gasteiger partial charge in [-0.05, 0) is 43.3 Å². The third kappa shape index (κ3) is 5.13. The second kappa shape index (κ2) is 8.58. The molecule has 0 heterocycles. The van der Waals surface area contributed by atoms with E-state index < -0.39 is 30.3 Å².